The van der Waals surface area contributed by atoms with Crippen molar-refractivity contribution in [2.24, 2.45) is 5.73 Å². The predicted octanol–water partition coefficient (Wildman–Crippen LogP) is 1.85. The molecule has 0 radical (unpaired) electrons. The molecular weight excluding hydrogens is 245 g/mol. The monoisotopic (exact) mass is 259 g/mol. The molecule has 3 rings (SSSR count). The Hall–Kier alpha value is -2.01. The molecule has 0 saturated carbocycles. The summed E-state index contributed by atoms with van der Waals surface area (Å²) in [5.41, 5.74) is 8.66. The van der Waals surface area contributed by atoms with E-state index in [0.717, 1.165) is 41.3 Å². The molecule has 1 atom stereocenters. The Morgan fingerprint density at radius 3 is 2.79 bits per heavy atom. The van der Waals surface area contributed by atoms with Gasteiger partial charge in [0.2, 0.25) is 0 Å². The maximum atomic E-state index is 12.9. The minimum absolute atomic E-state index is 0.00371. The summed E-state index contributed by atoms with van der Waals surface area (Å²) in [5, 5.41) is 0. The number of hydrogen-bond donors (Lipinski definition) is 1. The average molecular weight is 259 g/mol. The Kier molecular flexibility index (Phi) is 2.91. The highest BCUT2D eigenvalue weighted by molar-refractivity contribution is 5.68. The number of fused-ring (bicyclic) bond motifs is 1. The van der Waals surface area contributed by atoms with Crippen LogP contribution in [0.1, 0.15) is 11.1 Å². The maximum absolute atomic E-state index is 12.9. The molecule has 2 aromatic rings. The molecule has 2 heterocycles. The SMILES string of the molecule is Cc1cc2c(c(-c3ncc(F)cn3)c1)O[C@H](CN)C2. The van der Waals surface area contributed by atoms with E-state index in [0.29, 0.717) is 12.4 Å². The first-order chi connectivity index (χ1) is 9.17. The molecule has 0 fully saturated rings. The van der Waals surface area contributed by atoms with E-state index in [4.69, 9.17) is 10.5 Å². The van der Waals surface area contributed by atoms with E-state index in [9.17, 15) is 4.39 Å². The number of nitrogens with two attached hydrogens (primary N) is 1. The molecule has 0 unspecified atom stereocenters. The Bertz CT molecular complexity index is 613. The van der Waals surface area contributed by atoms with Crippen molar-refractivity contribution in [1.29, 1.82) is 0 Å². The van der Waals surface area contributed by atoms with Crippen LogP contribution < -0.4 is 10.5 Å². The van der Waals surface area contributed by atoms with E-state index in [2.05, 4.69) is 16.0 Å². The highest BCUT2D eigenvalue weighted by Crippen LogP contribution is 2.38. The van der Waals surface area contributed by atoms with Gasteiger partial charge >= 0.3 is 0 Å². The highest BCUT2D eigenvalue weighted by Gasteiger charge is 2.26. The molecule has 1 aromatic carbocycles. The number of rotatable bonds is 2. The average Bonchev–Trinajstić information content (AvgIpc) is 2.81. The number of aromatic nitrogens is 2. The van der Waals surface area contributed by atoms with Crippen LogP contribution in [0.3, 0.4) is 0 Å². The van der Waals surface area contributed by atoms with Crippen molar-refractivity contribution in [3.63, 3.8) is 0 Å². The summed E-state index contributed by atoms with van der Waals surface area (Å²) in [6.45, 7) is 2.47. The summed E-state index contributed by atoms with van der Waals surface area (Å²) in [6, 6.07) is 4.03. The van der Waals surface area contributed by atoms with Crippen molar-refractivity contribution < 1.29 is 9.13 Å². The van der Waals surface area contributed by atoms with Gasteiger partial charge in [-0.25, -0.2) is 14.4 Å². The minimum Gasteiger partial charge on any atom is -0.488 e. The molecule has 1 aromatic heterocycles. The van der Waals surface area contributed by atoms with E-state index in [1.807, 2.05) is 13.0 Å². The molecule has 98 valence electrons. The highest BCUT2D eigenvalue weighted by atomic mass is 19.1. The second-order valence-corrected chi connectivity index (χ2v) is 4.71. The van der Waals surface area contributed by atoms with Crippen molar-refractivity contribution in [3.05, 3.63) is 41.5 Å². The molecular formula is C14H14FN3O. The summed E-state index contributed by atoms with van der Waals surface area (Å²) in [5.74, 6) is 0.792. The molecule has 2 N–H and O–H groups in total. The summed E-state index contributed by atoms with van der Waals surface area (Å²) >= 11 is 0. The van der Waals surface area contributed by atoms with Gasteiger partial charge in [-0.05, 0) is 24.1 Å². The Morgan fingerprint density at radius 2 is 2.11 bits per heavy atom. The van der Waals surface area contributed by atoms with Crippen molar-refractivity contribution in [1.82, 2.24) is 9.97 Å². The molecule has 1 aliphatic heterocycles. The molecule has 0 amide bonds. The summed E-state index contributed by atoms with van der Waals surface area (Å²) in [6.07, 6.45) is 3.11. The summed E-state index contributed by atoms with van der Waals surface area (Å²) in [7, 11) is 0. The van der Waals surface area contributed by atoms with E-state index < -0.39 is 5.82 Å². The van der Waals surface area contributed by atoms with Crippen LogP contribution in [0.25, 0.3) is 11.4 Å². The molecule has 19 heavy (non-hydrogen) atoms. The minimum atomic E-state index is -0.450. The standard InChI is InChI=1S/C14H14FN3O/c1-8-2-9-4-11(5-16)19-13(9)12(3-8)14-17-6-10(15)7-18-14/h2-3,6-7,11H,4-5,16H2,1H3/t11-/m0/s1. The summed E-state index contributed by atoms with van der Waals surface area (Å²) in [4.78, 5) is 8.04. The third-order valence-corrected chi connectivity index (χ3v) is 3.17. The zero-order valence-corrected chi connectivity index (χ0v) is 10.6. The lowest BCUT2D eigenvalue weighted by Gasteiger charge is -2.10. The predicted molar refractivity (Wildman–Crippen MR) is 69.3 cm³/mol. The Labute approximate surface area is 110 Å². The maximum Gasteiger partial charge on any atom is 0.163 e. The Morgan fingerprint density at radius 1 is 1.37 bits per heavy atom. The zero-order chi connectivity index (χ0) is 13.4. The topological polar surface area (TPSA) is 61.0 Å². The lowest BCUT2D eigenvalue weighted by Crippen LogP contribution is -2.24. The van der Waals surface area contributed by atoms with Crippen molar-refractivity contribution in [2.75, 3.05) is 6.54 Å². The Balaban J connectivity index is 2.10. The number of benzene rings is 1. The number of halogens is 1. The van der Waals surface area contributed by atoms with Gasteiger partial charge in [0.25, 0.3) is 0 Å². The van der Waals surface area contributed by atoms with Crippen LogP contribution in [0.4, 0.5) is 4.39 Å². The van der Waals surface area contributed by atoms with E-state index >= 15 is 0 Å². The van der Waals surface area contributed by atoms with Crippen molar-refractivity contribution in [3.8, 4) is 17.1 Å². The van der Waals surface area contributed by atoms with E-state index in [1.54, 1.807) is 0 Å². The summed E-state index contributed by atoms with van der Waals surface area (Å²) < 4.78 is 18.7. The van der Waals surface area contributed by atoms with Gasteiger partial charge in [0, 0.05) is 13.0 Å². The lowest BCUT2D eigenvalue weighted by molar-refractivity contribution is 0.242. The van der Waals surface area contributed by atoms with Crippen LogP contribution in [-0.4, -0.2) is 22.6 Å². The van der Waals surface area contributed by atoms with Crippen LogP contribution in [0.5, 0.6) is 5.75 Å². The molecule has 4 nitrogen and oxygen atoms in total. The van der Waals surface area contributed by atoms with Crippen LogP contribution >= 0.6 is 0 Å². The molecule has 0 aliphatic carbocycles. The number of ether oxygens (including phenoxy) is 1. The van der Waals surface area contributed by atoms with Crippen LogP contribution in [0, 0.1) is 12.7 Å². The van der Waals surface area contributed by atoms with Crippen LogP contribution in [0.2, 0.25) is 0 Å². The van der Waals surface area contributed by atoms with E-state index in [-0.39, 0.29) is 6.10 Å². The van der Waals surface area contributed by atoms with Crippen molar-refractivity contribution in [2.45, 2.75) is 19.4 Å². The van der Waals surface area contributed by atoms with Gasteiger partial charge in [-0.15, -0.1) is 0 Å². The number of aryl methyl sites for hydroxylation is 1. The second kappa shape index (κ2) is 4.59. The largest absolute Gasteiger partial charge is 0.488 e. The first-order valence-corrected chi connectivity index (χ1v) is 6.15. The molecule has 0 saturated heterocycles. The first-order valence-electron chi connectivity index (χ1n) is 6.15. The van der Waals surface area contributed by atoms with Gasteiger partial charge in [-0.1, -0.05) is 6.07 Å². The lowest BCUT2D eigenvalue weighted by atomic mass is 10.0. The fourth-order valence-corrected chi connectivity index (χ4v) is 2.34. The number of hydrogen-bond acceptors (Lipinski definition) is 4. The van der Waals surface area contributed by atoms with Crippen LogP contribution in [0.15, 0.2) is 24.5 Å². The quantitative estimate of drug-likeness (QED) is 0.894. The molecule has 0 bridgehead atoms. The number of nitrogens with zero attached hydrogens (tertiary/aromatic N) is 2. The van der Waals surface area contributed by atoms with Gasteiger partial charge in [0.15, 0.2) is 11.6 Å². The zero-order valence-electron chi connectivity index (χ0n) is 10.6. The van der Waals surface area contributed by atoms with Crippen molar-refractivity contribution >= 4 is 0 Å². The van der Waals surface area contributed by atoms with Gasteiger partial charge in [-0.3, -0.25) is 0 Å². The van der Waals surface area contributed by atoms with Gasteiger partial charge in [0.05, 0.1) is 18.0 Å². The van der Waals surface area contributed by atoms with E-state index in [1.165, 1.54) is 0 Å². The molecule has 5 heteroatoms. The molecule has 1 aliphatic rings. The first kappa shape index (κ1) is 12.0. The fourth-order valence-electron chi connectivity index (χ4n) is 2.34. The third kappa shape index (κ3) is 2.17. The van der Waals surface area contributed by atoms with Gasteiger partial charge in [0.1, 0.15) is 11.9 Å². The van der Waals surface area contributed by atoms with Crippen LogP contribution in [-0.2, 0) is 6.42 Å². The fraction of sp³-hybridized carbons (Fsp3) is 0.286. The van der Waals surface area contributed by atoms with Gasteiger partial charge < -0.3 is 10.5 Å². The second-order valence-electron chi connectivity index (χ2n) is 4.71. The smallest absolute Gasteiger partial charge is 0.163 e. The van der Waals surface area contributed by atoms with Gasteiger partial charge in [-0.2, -0.15) is 0 Å². The molecule has 0 spiro atoms. The normalized spacial score (nSPS) is 17.1. The third-order valence-electron chi connectivity index (χ3n) is 3.17.